The van der Waals surface area contributed by atoms with Crippen LogP contribution in [-0.2, 0) is 10.2 Å². The average molecular weight is 259 g/mol. The lowest BCUT2D eigenvalue weighted by molar-refractivity contribution is -0.117. The van der Waals surface area contributed by atoms with E-state index in [1.54, 1.807) is 19.3 Å². The number of hydrogen-bond donors (Lipinski definition) is 2. The molecule has 5 nitrogen and oxygen atoms in total. The molecule has 0 aliphatic rings. The van der Waals surface area contributed by atoms with E-state index < -0.39 is 6.04 Å². The van der Waals surface area contributed by atoms with E-state index in [0.29, 0.717) is 5.69 Å². The van der Waals surface area contributed by atoms with Crippen LogP contribution in [0.3, 0.4) is 0 Å². The van der Waals surface area contributed by atoms with Crippen LogP contribution < -0.4 is 11.1 Å². The monoisotopic (exact) mass is 258 g/mol. The third-order valence-electron chi connectivity index (χ3n) is 2.00. The van der Waals surface area contributed by atoms with E-state index in [0.717, 1.165) is 5.82 Å². The lowest BCUT2D eigenvalue weighted by Crippen LogP contribution is -2.32. The van der Waals surface area contributed by atoms with Crippen LogP contribution in [0.15, 0.2) is 12.4 Å². The van der Waals surface area contributed by atoms with E-state index in [-0.39, 0.29) is 23.7 Å². The number of aromatic nitrogens is 2. The van der Waals surface area contributed by atoms with Crippen molar-refractivity contribution < 1.29 is 4.79 Å². The summed E-state index contributed by atoms with van der Waals surface area (Å²) < 4.78 is 0. The van der Waals surface area contributed by atoms with E-state index in [9.17, 15) is 4.79 Å². The number of carbonyl (C=O) groups excluding carboxylic acids is 1. The van der Waals surface area contributed by atoms with Gasteiger partial charge in [0.2, 0.25) is 5.91 Å². The van der Waals surface area contributed by atoms with Gasteiger partial charge in [0.25, 0.3) is 0 Å². The fraction of sp³-hybridized carbons (Fsp3) is 0.545. The number of amides is 1. The predicted octanol–water partition coefficient (Wildman–Crippen LogP) is 1.48. The van der Waals surface area contributed by atoms with Gasteiger partial charge in [-0.3, -0.25) is 4.79 Å². The largest absolute Gasteiger partial charge is 0.322 e. The third kappa shape index (κ3) is 4.66. The van der Waals surface area contributed by atoms with Crippen molar-refractivity contribution in [3.05, 3.63) is 18.2 Å². The molecule has 1 unspecified atom stereocenters. The first kappa shape index (κ1) is 15.8. The molecule has 6 heteroatoms. The first-order valence-electron chi connectivity index (χ1n) is 5.19. The number of rotatable bonds is 2. The maximum Gasteiger partial charge on any atom is 0.241 e. The minimum Gasteiger partial charge on any atom is -0.322 e. The van der Waals surface area contributed by atoms with Crippen molar-refractivity contribution in [2.24, 2.45) is 5.73 Å². The van der Waals surface area contributed by atoms with Crippen molar-refractivity contribution in [3.63, 3.8) is 0 Å². The van der Waals surface area contributed by atoms with Gasteiger partial charge in [-0.05, 0) is 6.92 Å². The molecule has 96 valence electrons. The molecule has 0 fully saturated rings. The van der Waals surface area contributed by atoms with Gasteiger partial charge in [-0.2, -0.15) is 0 Å². The fourth-order valence-corrected chi connectivity index (χ4v) is 1.04. The summed E-state index contributed by atoms with van der Waals surface area (Å²) in [6, 6.07) is -0.540. The summed E-state index contributed by atoms with van der Waals surface area (Å²) in [5, 5.41) is 2.63. The minimum absolute atomic E-state index is 0. The summed E-state index contributed by atoms with van der Waals surface area (Å²) in [7, 11) is 0. The molecule has 1 aromatic rings. The Morgan fingerprint density at radius 2 is 1.82 bits per heavy atom. The Hall–Kier alpha value is -1.20. The van der Waals surface area contributed by atoms with E-state index >= 15 is 0 Å². The van der Waals surface area contributed by atoms with Crippen molar-refractivity contribution in [3.8, 4) is 0 Å². The molecule has 1 atom stereocenters. The first-order valence-corrected chi connectivity index (χ1v) is 5.19. The van der Waals surface area contributed by atoms with Gasteiger partial charge >= 0.3 is 0 Å². The van der Waals surface area contributed by atoms with Crippen molar-refractivity contribution in [2.75, 3.05) is 5.32 Å². The molecule has 17 heavy (non-hydrogen) atoms. The highest BCUT2D eigenvalue weighted by atomic mass is 35.5. The van der Waals surface area contributed by atoms with Crippen LogP contribution in [0.4, 0.5) is 5.69 Å². The SMILES string of the molecule is CC(N)C(=O)Nc1cnc(C(C)(C)C)nc1.Cl. The first-order chi connectivity index (χ1) is 7.30. The Kier molecular flexibility index (Phi) is 5.51. The van der Waals surface area contributed by atoms with Crippen molar-refractivity contribution in [1.29, 1.82) is 0 Å². The Balaban J connectivity index is 0.00000256. The second-order valence-electron chi connectivity index (χ2n) is 4.82. The Morgan fingerprint density at radius 1 is 1.35 bits per heavy atom. The van der Waals surface area contributed by atoms with Gasteiger partial charge in [-0.1, -0.05) is 20.8 Å². The van der Waals surface area contributed by atoms with Gasteiger partial charge in [0, 0.05) is 5.41 Å². The average Bonchev–Trinajstić information content (AvgIpc) is 2.17. The third-order valence-corrected chi connectivity index (χ3v) is 2.00. The van der Waals surface area contributed by atoms with E-state index in [2.05, 4.69) is 15.3 Å². The zero-order chi connectivity index (χ0) is 12.3. The molecule has 0 aliphatic carbocycles. The molecular formula is C11H19ClN4O. The molecule has 1 amide bonds. The number of nitrogens with one attached hydrogen (secondary N) is 1. The smallest absolute Gasteiger partial charge is 0.241 e. The number of nitrogens with two attached hydrogens (primary N) is 1. The molecule has 0 radical (unpaired) electrons. The van der Waals surface area contributed by atoms with Crippen LogP contribution in [0.1, 0.15) is 33.5 Å². The van der Waals surface area contributed by atoms with E-state index in [4.69, 9.17) is 5.73 Å². The summed E-state index contributed by atoms with van der Waals surface area (Å²) in [5.41, 5.74) is 5.90. The molecule has 0 saturated carbocycles. The summed E-state index contributed by atoms with van der Waals surface area (Å²) in [5.74, 6) is 0.499. The predicted molar refractivity (Wildman–Crippen MR) is 70.3 cm³/mol. The highest BCUT2D eigenvalue weighted by Gasteiger charge is 2.17. The van der Waals surface area contributed by atoms with Crippen LogP contribution in [0.25, 0.3) is 0 Å². The normalized spacial score (nSPS) is 12.5. The molecular weight excluding hydrogens is 240 g/mol. The molecule has 1 heterocycles. The van der Waals surface area contributed by atoms with Crippen LogP contribution in [-0.4, -0.2) is 21.9 Å². The number of nitrogens with zero attached hydrogens (tertiary/aromatic N) is 2. The zero-order valence-corrected chi connectivity index (χ0v) is 11.3. The molecule has 0 bridgehead atoms. The molecule has 1 rings (SSSR count). The molecule has 0 saturated heterocycles. The highest BCUT2D eigenvalue weighted by Crippen LogP contribution is 2.18. The van der Waals surface area contributed by atoms with Crippen LogP contribution in [0.5, 0.6) is 0 Å². The van der Waals surface area contributed by atoms with Crippen molar-refractivity contribution in [1.82, 2.24) is 9.97 Å². The van der Waals surface area contributed by atoms with E-state index in [1.165, 1.54) is 0 Å². The minimum atomic E-state index is -0.540. The Morgan fingerprint density at radius 3 is 2.18 bits per heavy atom. The maximum absolute atomic E-state index is 11.3. The second-order valence-corrected chi connectivity index (χ2v) is 4.82. The van der Waals surface area contributed by atoms with Crippen LogP contribution in [0.2, 0.25) is 0 Å². The van der Waals surface area contributed by atoms with Gasteiger partial charge in [0.05, 0.1) is 24.1 Å². The zero-order valence-electron chi connectivity index (χ0n) is 10.5. The van der Waals surface area contributed by atoms with Gasteiger partial charge in [-0.25, -0.2) is 9.97 Å². The number of carbonyl (C=O) groups is 1. The maximum atomic E-state index is 11.3. The van der Waals surface area contributed by atoms with Crippen molar-refractivity contribution in [2.45, 2.75) is 39.2 Å². The molecule has 3 N–H and O–H groups in total. The highest BCUT2D eigenvalue weighted by molar-refractivity contribution is 5.94. The van der Waals surface area contributed by atoms with E-state index in [1.807, 2.05) is 20.8 Å². The summed E-state index contributed by atoms with van der Waals surface area (Å²) >= 11 is 0. The number of anilines is 1. The van der Waals surface area contributed by atoms with Gasteiger partial charge in [-0.15, -0.1) is 12.4 Å². The molecule has 0 aliphatic heterocycles. The van der Waals surface area contributed by atoms with Crippen LogP contribution in [0, 0.1) is 0 Å². The van der Waals surface area contributed by atoms with Crippen molar-refractivity contribution >= 4 is 24.0 Å². The molecule has 0 aromatic carbocycles. The number of halogens is 1. The number of hydrogen-bond acceptors (Lipinski definition) is 4. The molecule has 0 spiro atoms. The lowest BCUT2D eigenvalue weighted by Gasteiger charge is -2.16. The Bertz CT molecular complexity index is 370. The standard InChI is InChI=1S/C11H18N4O.ClH/c1-7(12)9(16)15-8-5-13-10(14-6-8)11(2,3)4;/h5-7H,12H2,1-4H3,(H,15,16);1H. The summed E-state index contributed by atoms with van der Waals surface area (Å²) in [6.45, 7) is 7.72. The lowest BCUT2D eigenvalue weighted by atomic mass is 9.96. The second kappa shape index (κ2) is 5.93. The summed E-state index contributed by atoms with van der Waals surface area (Å²) in [4.78, 5) is 19.7. The molecule has 1 aromatic heterocycles. The quantitative estimate of drug-likeness (QED) is 0.842. The van der Waals surface area contributed by atoms with Gasteiger partial charge < -0.3 is 11.1 Å². The van der Waals surface area contributed by atoms with Gasteiger partial charge in [0.1, 0.15) is 5.82 Å². The topological polar surface area (TPSA) is 80.9 Å². The van der Waals surface area contributed by atoms with Gasteiger partial charge in [0.15, 0.2) is 0 Å². The van der Waals surface area contributed by atoms with Crippen LogP contribution >= 0.6 is 12.4 Å². The summed E-state index contributed by atoms with van der Waals surface area (Å²) in [6.07, 6.45) is 3.18. The Labute approximate surface area is 108 Å². The fourth-order valence-electron chi connectivity index (χ4n) is 1.04.